The fourth-order valence-corrected chi connectivity index (χ4v) is 2.15. The minimum absolute atomic E-state index is 0.101. The number of nitrogens with two attached hydrogens (primary N) is 1. The van der Waals surface area contributed by atoms with Crippen LogP contribution in [0.2, 0.25) is 0 Å². The van der Waals surface area contributed by atoms with Crippen LogP contribution in [0.25, 0.3) is 0 Å². The van der Waals surface area contributed by atoms with E-state index in [1.165, 1.54) is 0 Å². The summed E-state index contributed by atoms with van der Waals surface area (Å²) in [5.41, 5.74) is 6.21. The maximum absolute atomic E-state index is 12.3. The van der Waals surface area contributed by atoms with Crippen molar-refractivity contribution in [2.24, 2.45) is 5.73 Å². The van der Waals surface area contributed by atoms with E-state index >= 15 is 0 Å². The zero-order valence-electron chi connectivity index (χ0n) is 13.0. The number of primary amides is 1. The van der Waals surface area contributed by atoms with Gasteiger partial charge in [0.2, 0.25) is 0 Å². The molecule has 0 saturated heterocycles. The normalized spacial score (nSPS) is 11.3. The summed E-state index contributed by atoms with van der Waals surface area (Å²) in [7, 11) is 0. The van der Waals surface area contributed by atoms with E-state index in [1.54, 1.807) is 36.4 Å². The molecule has 3 N–H and O–H groups in total. The van der Waals surface area contributed by atoms with Gasteiger partial charge in [-0.1, -0.05) is 48.5 Å². The van der Waals surface area contributed by atoms with Crippen LogP contribution in [0.15, 0.2) is 60.7 Å². The molecular weight excluding hydrogens is 308 g/mol. The first-order valence-electron chi connectivity index (χ1n) is 7.41. The Labute approximate surface area is 139 Å². The number of benzene rings is 2. The van der Waals surface area contributed by atoms with Crippen molar-refractivity contribution in [2.45, 2.75) is 12.5 Å². The molecule has 0 spiro atoms. The summed E-state index contributed by atoms with van der Waals surface area (Å²) < 4.78 is 4.78. The van der Waals surface area contributed by atoms with Crippen molar-refractivity contribution in [3.05, 3.63) is 71.8 Å². The predicted octanol–water partition coefficient (Wildman–Crippen LogP) is 1.58. The minimum Gasteiger partial charge on any atom is -0.456 e. The second-order valence-corrected chi connectivity index (χ2v) is 5.13. The van der Waals surface area contributed by atoms with Gasteiger partial charge in [0, 0.05) is 5.56 Å². The molecule has 124 valence electrons. The van der Waals surface area contributed by atoms with Crippen molar-refractivity contribution in [3.63, 3.8) is 0 Å². The maximum atomic E-state index is 12.3. The average Bonchev–Trinajstić information content (AvgIpc) is 2.61. The Morgan fingerprint density at radius 2 is 1.54 bits per heavy atom. The number of ether oxygens (including phenoxy) is 1. The van der Waals surface area contributed by atoms with Crippen molar-refractivity contribution < 1.29 is 19.1 Å². The van der Waals surface area contributed by atoms with Gasteiger partial charge in [-0.05, 0) is 17.7 Å². The molecule has 2 rings (SSSR count). The summed E-state index contributed by atoms with van der Waals surface area (Å²) in [6, 6.07) is 17.2. The van der Waals surface area contributed by atoms with Crippen LogP contribution in [0.1, 0.15) is 28.4 Å². The van der Waals surface area contributed by atoms with Gasteiger partial charge in [0.05, 0.1) is 12.5 Å². The molecule has 0 saturated carbocycles. The smallest absolute Gasteiger partial charge is 0.308 e. The summed E-state index contributed by atoms with van der Waals surface area (Å²) in [6.45, 7) is -0.479. The molecule has 2 aromatic rings. The van der Waals surface area contributed by atoms with E-state index in [9.17, 15) is 14.4 Å². The van der Waals surface area contributed by atoms with Crippen LogP contribution in [-0.4, -0.2) is 24.4 Å². The molecule has 0 radical (unpaired) electrons. The highest BCUT2D eigenvalue weighted by atomic mass is 16.5. The van der Waals surface area contributed by atoms with Gasteiger partial charge in [-0.15, -0.1) is 0 Å². The standard InChI is InChI=1S/C18H18N2O4/c19-16(21)12-24-17(22)11-15(13-7-3-1-4-8-13)20-18(23)14-9-5-2-6-10-14/h1-10,15H,11-12H2,(H2,19,21)(H,20,23)/t15-/m0/s1. The number of carbonyl (C=O) groups excluding carboxylic acids is 3. The topological polar surface area (TPSA) is 98.5 Å². The summed E-state index contributed by atoms with van der Waals surface area (Å²) >= 11 is 0. The van der Waals surface area contributed by atoms with E-state index in [-0.39, 0.29) is 12.3 Å². The highest BCUT2D eigenvalue weighted by Crippen LogP contribution is 2.18. The molecule has 6 nitrogen and oxygen atoms in total. The second kappa shape index (κ2) is 8.47. The van der Waals surface area contributed by atoms with Crippen LogP contribution >= 0.6 is 0 Å². The van der Waals surface area contributed by atoms with Gasteiger partial charge in [0.15, 0.2) is 6.61 Å². The van der Waals surface area contributed by atoms with Gasteiger partial charge in [0.25, 0.3) is 11.8 Å². The van der Waals surface area contributed by atoms with E-state index in [4.69, 9.17) is 10.5 Å². The van der Waals surface area contributed by atoms with Crippen molar-refractivity contribution >= 4 is 17.8 Å². The lowest BCUT2D eigenvalue weighted by atomic mass is 10.0. The van der Waals surface area contributed by atoms with Crippen LogP contribution in [0.3, 0.4) is 0 Å². The molecule has 0 bridgehead atoms. The second-order valence-electron chi connectivity index (χ2n) is 5.13. The monoisotopic (exact) mass is 326 g/mol. The SMILES string of the molecule is NC(=O)COC(=O)C[C@H](NC(=O)c1ccccc1)c1ccccc1. The molecule has 2 aromatic carbocycles. The lowest BCUT2D eigenvalue weighted by Crippen LogP contribution is -2.31. The Bertz CT molecular complexity index is 701. The van der Waals surface area contributed by atoms with Gasteiger partial charge >= 0.3 is 5.97 Å². The molecule has 2 amide bonds. The molecule has 0 fully saturated rings. The quantitative estimate of drug-likeness (QED) is 0.755. The lowest BCUT2D eigenvalue weighted by molar-refractivity contribution is -0.148. The molecule has 6 heteroatoms. The van der Waals surface area contributed by atoms with E-state index in [2.05, 4.69) is 5.32 Å². The van der Waals surface area contributed by atoms with Crippen molar-refractivity contribution in [3.8, 4) is 0 Å². The zero-order valence-corrected chi connectivity index (χ0v) is 13.0. The van der Waals surface area contributed by atoms with E-state index in [0.29, 0.717) is 5.56 Å². The Morgan fingerprint density at radius 1 is 0.958 bits per heavy atom. The molecule has 1 atom stereocenters. The molecule has 0 unspecified atom stereocenters. The molecule has 0 aromatic heterocycles. The van der Waals surface area contributed by atoms with Crippen LogP contribution < -0.4 is 11.1 Å². The summed E-state index contributed by atoms with van der Waals surface area (Å²) in [6.07, 6.45) is -0.101. The van der Waals surface area contributed by atoms with Crippen LogP contribution in [0.5, 0.6) is 0 Å². The Morgan fingerprint density at radius 3 is 2.12 bits per heavy atom. The third-order valence-electron chi connectivity index (χ3n) is 3.29. The Balaban J connectivity index is 2.10. The number of esters is 1. The van der Waals surface area contributed by atoms with Crippen LogP contribution in [-0.2, 0) is 14.3 Å². The first kappa shape index (κ1) is 17.2. The lowest BCUT2D eigenvalue weighted by Gasteiger charge is -2.18. The van der Waals surface area contributed by atoms with E-state index < -0.39 is 24.5 Å². The highest BCUT2D eigenvalue weighted by molar-refractivity contribution is 5.94. The van der Waals surface area contributed by atoms with E-state index in [0.717, 1.165) is 5.56 Å². The first-order valence-corrected chi connectivity index (χ1v) is 7.41. The fraction of sp³-hybridized carbons (Fsp3) is 0.167. The molecule has 0 heterocycles. The number of hydrogen-bond donors (Lipinski definition) is 2. The van der Waals surface area contributed by atoms with Crippen molar-refractivity contribution in [1.29, 1.82) is 0 Å². The first-order chi connectivity index (χ1) is 11.6. The average molecular weight is 326 g/mol. The molecule has 0 aliphatic rings. The van der Waals surface area contributed by atoms with Gasteiger partial charge in [0.1, 0.15) is 0 Å². The largest absolute Gasteiger partial charge is 0.456 e. The number of carbonyl (C=O) groups is 3. The van der Waals surface area contributed by atoms with Gasteiger partial charge in [-0.25, -0.2) is 0 Å². The maximum Gasteiger partial charge on any atom is 0.308 e. The molecule has 0 aliphatic carbocycles. The van der Waals surface area contributed by atoms with E-state index in [1.807, 2.05) is 24.3 Å². The number of rotatable bonds is 7. The Hall–Kier alpha value is -3.15. The van der Waals surface area contributed by atoms with Gasteiger partial charge < -0.3 is 15.8 Å². The van der Waals surface area contributed by atoms with Crippen molar-refractivity contribution in [2.75, 3.05) is 6.61 Å². The molecule has 0 aliphatic heterocycles. The highest BCUT2D eigenvalue weighted by Gasteiger charge is 2.20. The van der Waals surface area contributed by atoms with Crippen LogP contribution in [0, 0.1) is 0 Å². The number of amides is 2. The molecule has 24 heavy (non-hydrogen) atoms. The fourth-order valence-electron chi connectivity index (χ4n) is 2.15. The number of nitrogens with one attached hydrogen (secondary N) is 1. The van der Waals surface area contributed by atoms with Crippen molar-refractivity contribution in [1.82, 2.24) is 5.32 Å². The number of hydrogen-bond acceptors (Lipinski definition) is 4. The van der Waals surface area contributed by atoms with Crippen LogP contribution in [0.4, 0.5) is 0 Å². The summed E-state index contributed by atoms with van der Waals surface area (Å²) in [5.74, 6) is -1.64. The minimum atomic E-state index is -0.729. The van der Waals surface area contributed by atoms with Gasteiger partial charge in [-0.2, -0.15) is 0 Å². The summed E-state index contributed by atoms with van der Waals surface area (Å²) in [5, 5.41) is 2.81. The predicted molar refractivity (Wildman–Crippen MR) is 87.9 cm³/mol. The Kier molecular flexibility index (Phi) is 6.08. The molecular formula is C18H18N2O4. The summed E-state index contributed by atoms with van der Waals surface area (Å²) in [4.78, 5) is 34.9. The third-order valence-corrected chi connectivity index (χ3v) is 3.29. The third kappa shape index (κ3) is 5.24. The zero-order chi connectivity index (χ0) is 17.4. The van der Waals surface area contributed by atoms with Gasteiger partial charge in [-0.3, -0.25) is 14.4 Å².